The molecule has 3 heterocycles. The minimum atomic E-state index is -0.110. The predicted octanol–water partition coefficient (Wildman–Crippen LogP) is 2.76. The van der Waals surface area contributed by atoms with Gasteiger partial charge in [0.05, 0.1) is 10.4 Å². The van der Waals surface area contributed by atoms with Crippen molar-refractivity contribution >= 4 is 34.1 Å². The van der Waals surface area contributed by atoms with Gasteiger partial charge in [-0.1, -0.05) is 30.3 Å². The summed E-state index contributed by atoms with van der Waals surface area (Å²) in [5.41, 5.74) is 2.27. The highest BCUT2D eigenvalue weighted by Gasteiger charge is 2.21. The lowest BCUT2D eigenvalue weighted by Gasteiger charge is -2.35. The third kappa shape index (κ3) is 4.81. The van der Waals surface area contributed by atoms with E-state index in [0.29, 0.717) is 17.8 Å². The molecular weight excluding hydrogens is 384 g/mol. The number of hydrogen-bond acceptors (Lipinski definition) is 5. The van der Waals surface area contributed by atoms with Crippen LogP contribution in [0.15, 0.2) is 54.0 Å². The highest BCUT2D eigenvalue weighted by atomic mass is 32.1. The number of para-hydroxylation sites is 1. The van der Waals surface area contributed by atoms with Crippen molar-refractivity contribution in [3.63, 3.8) is 0 Å². The van der Waals surface area contributed by atoms with Gasteiger partial charge in [0.25, 0.3) is 5.91 Å². The molecule has 4 rings (SSSR count). The molecule has 1 aliphatic heterocycles. The minimum absolute atomic E-state index is 0.1000. The summed E-state index contributed by atoms with van der Waals surface area (Å²) >= 11 is 1.40. The second kappa shape index (κ2) is 9.15. The molecule has 6 nitrogen and oxygen atoms in total. The van der Waals surface area contributed by atoms with Crippen LogP contribution in [0, 0.1) is 0 Å². The second-order valence-electron chi connectivity index (χ2n) is 7.13. The first-order valence-electron chi connectivity index (χ1n) is 9.85. The Balaban J connectivity index is 1.23. The zero-order valence-corrected chi connectivity index (χ0v) is 17.0. The number of piperazine rings is 1. The van der Waals surface area contributed by atoms with Gasteiger partial charge in [0.1, 0.15) is 0 Å². The summed E-state index contributed by atoms with van der Waals surface area (Å²) in [6.07, 6.45) is 2.17. The molecule has 2 aromatic heterocycles. The maximum absolute atomic E-state index is 12.5. The van der Waals surface area contributed by atoms with E-state index < -0.39 is 0 Å². The molecule has 0 spiro atoms. The van der Waals surface area contributed by atoms with Crippen molar-refractivity contribution in [3.05, 3.63) is 64.5 Å². The van der Waals surface area contributed by atoms with Crippen molar-refractivity contribution in [3.8, 4) is 0 Å². The quantitative estimate of drug-likeness (QED) is 0.681. The molecule has 1 saturated heterocycles. The Bertz CT molecular complexity index is 976. The lowest BCUT2D eigenvalue weighted by Crippen LogP contribution is -2.48. The van der Waals surface area contributed by atoms with Crippen LogP contribution in [0.5, 0.6) is 0 Å². The number of nitrogens with one attached hydrogen (secondary N) is 1. The maximum atomic E-state index is 12.5. The van der Waals surface area contributed by atoms with Gasteiger partial charge in [0.15, 0.2) is 0 Å². The van der Waals surface area contributed by atoms with E-state index in [1.54, 1.807) is 6.07 Å². The minimum Gasteiger partial charge on any atom is -0.351 e. The number of carbonyl (C=O) groups is 2. The van der Waals surface area contributed by atoms with Crippen molar-refractivity contribution in [2.24, 2.45) is 0 Å². The van der Waals surface area contributed by atoms with Crippen LogP contribution < -0.4 is 5.32 Å². The number of hydrogen-bond donors (Lipinski definition) is 1. The van der Waals surface area contributed by atoms with E-state index in [1.165, 1.54) is 16.9 Å². The average molecular weight is 409 g/mol. The van der Waals surface area contributed by atoms with Gasteiger partial charge >= 0.3 is 0 Å². The highest BCUT2D eigenvalue weighted by molar-refractivity contribution is 7.12. The summed E-state index contributed by atoms with van der Waals surface area (Å²) in [7, 11) is 0. The van der Waals surface area contributed by atoms with Crippen LogP contribution in [0.1, 0.15) is 21.7 Å². The number of rotatable bonds is 6. The van der Waals surface area contributed by atoms with Crippen molar-refractivity contribution in [1.29, 1.82) is 0 Å². The molecule has 0 atom stereocenters. The van der Waals surface area contributed by atoms with Crippen LogP contribution in [0.25, 0.3) is 10.9 Å². The molecule has 1 aromatic carbocycles. The van der Waals surface area contributed by atoms with Gasteiger partial charge in [-0.2, -0.15) is 0 Å². The molecule has 1 N–H and O–H groups in total. The van der Waals surface area contributed by atoms with Gasteiger partial charge in [-0.25, -0.2) is 0 Å². The van der Waals surface area contributed by atoms with Crippen molar-refractivity contribution in [2.75, 3.05) is 32.7 Å². The van der Waals surface area contributed by atoms with Crippen LogP contribution in [0.2, 0.25) is 0 Å². The summed E-state index contributed by atoms with van der Waals surface area (Å²) in [6, 6.07) is 14.0. The molecule has 7 heteroatoms. The molecular formula is C22H24N4O2S. The fraction of sp³-hybridized carbons (Fsp3) is 0.318. The van der Waals surface area contributed by atoms with Crippen molar-refractivity contribution in [2.45, 2.75) is 13.0 Å². The Morgan fingerprint density at radius 3 is 2.66 bits per heavy atom. The molecule has 150 valence electrons. The van der Waals surface area contributed by atoms with Gasteiger partial charge in [-0.15, -0.1) is 11.3 Å². The largest absolute Gasteiger partial charge is 0.351 e. The normalized spacial score (nSPS) is 14.8. The average Bonchev–Trinajstić information content (AvgIpc) is 3.29. The number of thiophene rings is 1. The molecule has 0 radical (unpaired) electrons. The van der Waals surface area contributed by atoms with Crippen molar-refractivity contribution < 1.29 is 9.59 Å². The highest BCUT2D eigenvalue weighted by Crippen LogP contribution is 2.18. The molecule has 0 saturated carbocycles. The molecule has 29 heavy (non-hydrogen) atoms. The third-order valence-corrected chi connectivity index (χ3v) is 6.07. The Hall–Kier alpha value is -2.77. The van der Waals surface area contributed by atoms with E-state index in [1.807, 2.05) is 28.6 Å². The first kappa shape index (κ1) is 19.5. The Labute approximate surface area is 174 Å². The standard InChI is InChI=1S/C22H24N4O2S/c27-20(8-10-24-22(28)19-7-3-15-29-19)26-13-11-25(12-14-26)16-18-5-1-4-17-6-2-9-23-21(17)18/h1-7,9,15H,8,10-14,16H2,(H,24,28). The van der Waals surface area contributed by atoms with E-state index in [2.05, 4.69) is 39.5 Å². The number of aromatic nitrogens is 1. The zero-order chi connectivity index (χ0) is 20.1. The molecule has 1 fully saturated rings. The van der Waals surface area contributed by atoms with E-state index in [9.17, 15) is 9.59 Å². The van der Waals surface area contributed by atoms with E-state index in [0.717, 1.165) is 43.6 Å². The van der Waals surface area contributed by atoms with E-state index >= 15 is 0 Å². The number of benzene rings is 1. The van der Waals surface area contributed by atoms with Crippen LogP contribution in [0.4, 0.5) is 0 Å². The zero-order valence-electron chi connectivity index (χ0n) is 16.2. The van der Waals surface area contributed by atoms with E-state index in [-0.39, 0.29) is 11.8 Å². The summed E-state index contributed by atoms with van der Waals surface area (Å²) in [5.74, 6) is -0.00993. The second-order valence-corrected chi connectivity index (χ2v) is 8.08. The first-order chi connectivity index (χ1) is 14.2. The van der Waals surface area contributed by atoms with Crippen molar-refractivity contribution in [1.82, 2.24) is 20.1 Å². The van der Waals surface area contributed by atoms with Crippen LogP contribution in [-0.4, -0.2) is 59.3 Å². The summed E-state index contributed by atoms with van der Waals surface area (Å²) < 4.78 is 0. The van der Waals surface area contributed by atoms with Crippen LogP contribution in [0.3, 0.4) is 0 Å². The number of amides is 2. The number of carbonyl (C=O) groups excluding carboxylic acids is 2. The topological polar surface area (TPSA) is 65.5 Å². The molecule has 1 aliphatic rings. The summed E-state index contributed by atoms with van der Waals surface area (Å²) in [6.45, 7) is 4.34. The van der Waals surface area contributed by atoms with Gasteiger partial charge in [0, 0.05) is 57.3 Å². The maximum Gasteiger partial charge on any atom is 0.261 e. The Kier molecular flexibility index (Phi) is 6.17. The van der Waals surface area contributed by atoms with Crippen LogP contribution >= 0.6 is 11.3 Å². The van der Waals surface area contributed by atoms with Gasteiger partial charge in [0.2, 0.25) is 5.91 Å². The smallest absolute Gasteiger partial charge is 0.261 e. The first-order valence-corrected chi connectivity index (χ1v) is 10.7. The monoisotopic (exact) mass is 408 g/mol. The number of pyridine rings is 1. The third-order valence-electron chi connectivity index (χ3n) is 5.20. The number of fused-ring (bicyclic) bond motifs is 1. The predicted molar refractivity (Wildman–Crippen MR) is 115 cm³/mol. The summed E-state index contributed by atoms with van der Waals surface area (Å²) in [4.78, 5) is 33.9. The fourth-order valence-electron chi connectivity index (χ4n) is 3.63. The van der Waals surface area contributed by atoms with Gasteiger partial charge in [-0.05, 0) is 23.1 Å². The molecule has 0 aliphatic carbocycles. The molecule has 0 bridgehead atoms. The number of nitrogens with zero attached hydrogens (tertiary/aromatic N) is 3. The SMILES string of the molecule is O=C(NCCC(=O)N1CCN(Cc2cccc3cccnc23)CC1)c1cccs1. The van der Waals surface area contributed by atoms with E-state index in [4.69, 9.17) is 0 Å². The molecule has 2 amide bonds. The lowest BCUT2D eigenvalue weighted by atomic mass is 10.1. The fourth-order valence-corrected chi connectivity index (χ4v) is 4.27. The molecule has 3 aromatic rings. The van der Waals surface area contributed by atoms with Gasteiger partial charge in [-0.3, -0.25) is 19.5 Å². The molecule has 0 unspecified atom stereocenters. The summed E-state index contributed by atoms with van der Waals surface area (Å²) in [5, 5.41) is 5.84. The van der Waals surface area contributed by atoms with Crippen LogP contribution in [-0.2, 0) is 11.3 Å². The van der Waals surface area contributed by atoms with Gasteiger partial charge < -0.3 is 10.2 Å². The lowest BCUT2D eigenvalue weighted by molar-refractivity contribution is -0.132. The Morgan fingerprint density at radius 2 is 1.86 bits per heavy atom. The Morgan fingerprint density at radius 1 is 1.03 bits per heavy atom.